The quantitative estimate of drug-likeness (QED) is 0.0834. The van der Waals surface area contributed by atoms with Crippen LogP contribution in [0.2, 0.25) is 0 Å². The van der Waals surface area contributed by atoms with E-state index in [9.17, 15) is 24.6 Å². The molecule has 0 radical (unpaired) electrons. The monoisotopic (exact) mass is 1080 g/mol. The Morgan fingerprint density at radius 3 is 2.28 bits per heavy atom. The van der Waals surface area contributed by atoms with E-state index in [1.807, 2.05) is 87.8 Å². The standard InChI is InChI=1S/C57H68N12O8S/c1-33(2)52(56(73)68-31-41(70)26-47(68)55(72)61-34(3)36-9-11-37(12-10-36)53-35(4)60-32-78-53)49-28-50(64-77-49)65-21-16-43(17-22-65)76-57(74)66-23-18-42(19-24-66)75-51-25-38(15-20-59-51)69-39-13-14-40(69)30-67(29-39)46-27-45(62-63-54(46)58)44-7-5-6-8-48(44)71/h5-12,15,20,25,27-28,32-34,39-43,47,52,70-71H,13-14,16-19,21-24,26,29-31H2,1-4H3,(H2,58,63)(H,61,72)/t34-,39?,40?,41+,47-,52+/m0/s1. The molecule has 0 saturated carbocycles. The van der Waals surface area contributed by atoms with Crippen molar-refractivity contribution < 1.29 is 38.6 Å². The number of aliphatic hydroxyl groups excluding tert-OH is 1. The molecule has 2 aromatic carbocycles. The van der Waals surface area contributed by atoms with E-state index < -0.39 is 18.1 Å². The number of β-amino-alcohol motifs (C(OH)–C–C–N with tert-alkyl or cyclic N) is 1. The van der Waals surface area contributed by atoms with Gasteiger partial charge in [0.2, 0.25) is 17.7 Å². The van der Waals surface area contributed by atoms with Crippen LogP contribution in [0.15, 0.2) is 89.0 Å². The fraction of sp³-hybridized carbons (Fsp3) is 0.474. The summed E-state index contributed by atoms with van der Waals surface area (Å²) in [5, 5.41) is 37.3. The molecule has 5 aliphatic rings. The number of hydrogen-bond donors (Lipinski definition) is 4. The van der Waals surface area contributed by atoms with Gasteiger partial charge in [0.15, 0.2) is 17.4 Å². The molecule has 11 rings (SSSR count). The Hall–Kier alpha value is -7.52. The van der Waals surface area contributed by atoms with Crippen molar-refractivity contribution >= 4 is 52.3 Å². The zero-order valence-electron chi connectivity index (χ0n) is 44.5. The molecule has 9 heterocycles. The van der Waals surface area contributed by atoms with Gasteiger partial charge in [-0.1, -0.05) is 55.4 Å². The number of thiazole rings is 1. The van der Waals surface area contributed by atoms with Gasteiger partial charge in [-0.25, -0.2) is 14.8 Å². The number of piperazine rings is 1. The van der Waals surface area contributed by atoms with Crippen LogP contribution >= 0.6 is 11.3 Å². The molecule has 410 valence electrons. The van der Waals surface area contributed by atoms with E-state index in [-0.39, 0.29) is 72.9 Å². The van der Waals surface area contributed by atoms with E-state index in [1.165, 1.54) is 4.90 Å². The van der Waals surface area contributed by atoms with Gasteiger partial charge in [0, 0.05) is 120 Å². The summed E-state index contributed by atoms with van der Waals surface area (Å²) < 4.78 is 18.4. The lowest BCUT2D eigenvalue weighted by Crippen LogP contribution is -2.54. The average molecular weight is 1080 g/mol. The molecule has 5 N–H and O–H groups in total. The predicted molar refractivity (Wildman–Crippen MR) is 295 cm³/mol. The molecule has 2 unspecified atom stereocenters. The number of benzene rings is 2. The van der Waals surface area contributed by atoms with Crippen LogP contribution in [-0.2, 0) is 14.3 Å². The molecule has 0 aliphatic carbocycles. The van der Waals surface area contributed by atoms with Gasteiger partial charge < -0.3 is 59.8 Å². The van der Waals surface area contributed by atoms with E-state index in [2.05, 4.69) is 45.3 Å². The summed E-state index contributed by atoms with van der Waals surface area (Å²) in [6.07, 6.45) is 4.99. The largest absolute Gasteiger partial charge is 0.507 e. The lowest BCUT2D eigenvalue weighted by atomic mass is 9.91. The number of amides is 3. The molecule has 5 fully saturated rings. The Kier molecular flexibility index (Phi) is 15.1. The van der Waals surface area contributed by atoms with Crippen LogP contribution in [0.25, 0.3) is 21.7 Å². The van der Waals surface area contributed by atoms with Crippen LogP contribution in [0.4, 0.5) is 27.8 Å². The number of nitrogens with one attached hydrogen (secondary N) is 1. The number of carbonyl (C=O) groups is 3. The second-order valence-electron chi connectivity index (χ2n) is 21.8. The maximum absolute atomic E-state index is 14.4. The summed E-state index contributed by atoms with van der Waals surface area (Å²) in [5.41, 5.74) is 14.2. The van der Waals surface area contributed by atoms with Crippen molar-refractivity contribution in [1.82, 2.24) is 40.4 Å². The topological polar surface area (TPSA) is 242 Å². The number of likely N-dealkylation sites (tertiary alicyclic amines) is 2. The van der Waals surface area contributed by atoms with E-state index in [1.54, 1.807) is 40.6 Å². The first-order valence-corrected chi connectivity index (χ1v) is 28.2. The van der Waals surface area contributed by atoms with Gasteiger partial charge in [0.25, 0.3) is 0 Å². The second-order valence-corrected chi connectivity index (χ2v) is 22.6. The second kappa shape index (κ2) is 22.4. The molecule has 6 atom stereocenters. The van der Waals surface area contributed by atoms with Gasteiger partial charge >= 0.3 is 6.09 Å². The first-order valence-electron chi connectivity index (χ1n) is 27.3. The summed E-state index contributed by atoms with van der Waals surface area (Å²) >= 11 is 1.59. The number of rotatable bonds is 14. The molecule has 0 spiro atoms. The van der Waals surface area contributed by atoms with Crippen LogP contribution in [-0.4, -0.2) is 145 Å². The van der Waals surface area contributed by atoms with Crippen molar-refractivity contribution in [3.8, 4) is 33.3 Å². The lowest BCUT2D eigenvalue weighted by Gasteiger charge is -2.43. The molecule has 3 amide bonds. The number of aromatic nitrogens is 5. The van der Waals surface area contributed by atoms with Crippen LogP contribution in [0.3, 0.4) is 0 Å². The number of nitrogens with zero attached hydrogens (tertiary/aromatic N) is 10. The zero-order valence-corrected chi connectivity index (χ0v) is 45.3. The normalized spacial score (nSPS) is 21.7. The summed E-state index contributed by atoms with van der Waals surface area (Å²) in [6, 6.07) is 22.2. The smallest absolute Gasteiger partial charge is 0.410 e. The third kappa shape index (κ3) is 11.0. The maximum Gasteiger partial charge on any atom is 0.410 e. The number of anilines is 4. The average Bonchev–Trinajstić information content (AvgIpc) is 4.39. The molecule has 4 aromatic heterocycles. The Balaban J connectivity index is 0.634. The molecule has 21 heteroatoms. The Morgan fingerprint density at radius 1 is 0.846 bits per heavy atom. The van der Waals surface area contributed by atoms with Crippen molar-refractivity contribution in [2.45, 2.75) is 121 Å². The fourth-order valence-electron chi connectivity index (χ4n) is 12.0. The summed E-state index contributed by atoms with van der Waals surface area (Å²) in [5.74, 6) is 0.528. The minimum atomic E-state index is -0.844. The number of piperidine rings is 2. The summed E-state index contributed by atoms with van der Waals surface area (Å²) in [4.78, 5) is 61.8. The number of pyridine rings is 1. The minimum absolute atomic E-state index is 0.0413. The Bertz CT molecular complexity index is 3090. The number of phenols is 1. The van der Waals surface area contributed by atoms with Crippen molar-refractivity contribution in [2.75, 3.05) is 66.2 Å². The minimum Gasteiger partial charge on any atom is -0.507 e. The predicted octanol–water partition coefficient (Wildman–Crippen LogP) is 7.33. The number of fused-ring (bicyclic) bond motifs is 2. The van der Waals surface area contributed by atoms with E-state index in [0.717, 1.165) is 59.0 Å². The van der Waals surface area contributed by atoms with E-state index in [0.29, 0.717) is 86.4 Å². The highest BCUT2D eigenvalue weighted by molar-refractivity contribution is 7.13. The van der Waals surface area contributed by atoms with Gasteiger partial charge in [-0.2, -0.15) is 0 Å². The highest BCUT2D eigenvalue weighted by Gasteiger charge is 2.45. The SMILES string of the molecule is Cc1ncsc1-c1ccc([C@H](C)NC(=O)[C@@H]2C[C@@H](O)CN2C(=O)[C@@H](c2cc(N3CCC(OC(=O)N4CCC(Oc5cc(N6C7CCC6CN(c6cc(-c8ccccc8O)nnc6N)C7)ccn5)CC4)CC3)no2)C(C)C)cc1. The number of ether oxygens (including phenoxy) is 2. The van der Waals surface area contributed by atoms with Crippen LogP contribution in [0.5, 0.6) is 11.6 Å². The van der Waals surface area contributed by atoms with Crippen LogP contribution in [0.1, 0.15) is 94.7 Å². The number of carbonyl (C=O) groups excluding carboxylic acids is 3. The maximum atomic E-state index is 14.4. The van der Waals surface area contributed by atoms with Crippen molar-refractivity contribution in [3.63, 3.8) is 0 Å². The molecule has 5 saturated heterocycles. The third-order valence-corrected chi connectivity index (χ3v) is 17.2. The Labute approximate surface area is 457 Å². The van der Waals surface area contributed by atoms with Gasteiger partial charge in [-0.05, 0) is 68.0 Å². The van der Waals surface area contributed by atoms with Gasteiger partial charge in [-0.15, -0.1) is 21.5 Å². The van der Waals surface area contributed by atoms with Crippen molar-refractivity contribution in [2.24, 2.45) is 5.92 Å². The van der Waals surface area contributed by atoms with Gasteiger partial charge in [0.1, 0.15) is 29.9 Å². The molecule has 20 nitrogen and oxygen atoms in total. The number of aliphatic hydroxyl groups is 1. The summed E-state index contributed by atoms with van der Waals surface area (Å²) in [7, 11) is 0. The number of nitrogen functional groups attached to an aromatic ring is 1. The molecule has 2 bridgehead atoms. The first kappa shape index (κ1) is 52.5. The van der Waals surface area contributed by atoms with Crippen LogP contribution < -0.4 is 30.5 Å². The number of aromatic hydroxyl groups is 1. The highest BCUT2D eigenvalue weighted by atomic mass is 32.1. The third-order valence-electron chi connectivity index (χ3n) is 16.2. The number of hydrogen-bond acceptors (Lipinski definition) is 18. The lowest BCUT2D eigenvalue weighted by molar-refractivity contribution is -0.141. The van der Waals surface area contributed by atoms with Crippen molar-refractivity contribution in [1.29, 1.82) is 0 Å². The van der Waals surface area contributed by atoms with Gasteiger partial charge in [0.05, 0.1) is 39.6 Å². The molecule has 6 aromatic rings. The fourth-order valence-corrected chi connectivity index (χ4v) is 12.9. The zero-order chi connectivity index (χ0) is 54.2. The van der Waals surface area contributed by atoms with Crippen molar-refractivity contribution in [3.05, 3.63) is 102 Å². The molecule has 78 heavy (non-hydrogen) atoms. The molecular weight excluding hydrogens is 1010 g/mol. The number of aryl methyl sites for hydroxylation is 1. The number of para-hydroxylation sites is 1. The highest BCUT2D eigenvalue weighted by Crippen LogP contribution is 2.41. The van der Waals surface area contributed by atoms with Crippen LogP contribution in [0, 0.1) is 12.8 Å². The Morgan fingerprint density at radius 2 is 1.58 bits per heavy atom. The molecular formula is C57H68N12O8S. The van der Waals surface area contributed by atoms with E-state index >= 15 is 0 Å². The number of phenolic OH excluding ortho intramolecular Hbond substituents is 1. The summed E-state index contributed by atoms with van der Waals surface area (Å²) in [6.45, 7) is 11.5. The first-order chi connectivity index (χ1) is 37.7. The number of nitrogens with two attached hydrogens (primary N) is 1. The molecule has 5 aliphatic heterocycles. The van der Waals surface area contributed by atoms with E-state index in [4.69, 9.17) is 19.7 Å². The van der Waals surface area contributed by atoms with Gasteiger partial charge in [-0.3, -0.25) is 9.59 Å².